The van der Waals surface area contributed by atoms with Gasteiger partial charge in [0.25, 0.3) is 0 Å². The molecule has 0 aliphatic heterocycles. The van der Waals surface area contributed by atoms with Crippen molar-refractivity contribution in [2.24, 2.45) is 5.92 Å². The maximum Gasteiger partial charge on any atom is 0.163 e. The van der Waals surface area contributed by atoms with E-state index in [2.05, 4.69) is 6.58 Å². The van der Waals surface area contributed by atoms with Crippen molar-refractivity contribution in [2.75, 3.05) is 0 Å². The molecule has 0 aromatic heterocycles. The monoisotopic (exact) mass is 244 g/mol. The maximum absolute atomic E-state index is 12.1. The van der Waals surface area contributed by atoms with Gasteiger partial charge in [0.1, 0.15) is 5.78 Å². The smallest absolute Gasteiger partial charge is 0.163 e. The molecule has 0 aliphatic rings. The summed E-state index contributed by atoms with van der Waals surface area (Å²) in [5.74, 6) is -0.361. The van der Waals surface area contributed by atoms with Crippen molar-refractivity contribution in [3.63, 3.8) is 0 Å². The Balaban J connectivity index is 2.90. The van der Waals surface area contributed by atoms with Gasteiger partial charge in [0, 0.05) is 17.9 Å². The number of rotatable bonds is 5. The second kappa shape index (κ2) is 5.76. The Morgan fingerprint density at radius 3 is 2.22 bits per heavy atom. The number of ketones is 2. The minimum absolute atomic E-state index is 0.000293. The second-order valence-electron chi connectivity index (χ2n) is 4.94. The molecular formula is C16H20O2. The molecule has 0 saturated carbocycles. The molecule has 0 aliphatic carbocycles. The first-order chi connectivity index (χ1) is 8.32. The molecule has 0 spiro atoms. The van der Waals surface area contributed by atoms with Crippen LogP contribution in [0.25, 0.3) is 0 Å². The molecule has 1 aromatic rings. The Hall–Kier alpha value is -1.70. The fourth-order valence-corrected chi connectivity index (χ4v) is 1.88. The molecule has 0 radical (unpaired) electrons. The molecule has 0 amide bonds. The Morgan fingerprint density at radius 1 is 1.17 bits per heavy atom. The molecule has 1 atom stereocenters. The summed E-state index contributed by atoms with van der Waals surface area (Å²) in [6.07, 6.45) is 0.215. The summed E-state index contributed by atoms with van der Waals surface area (Å²) in [6, 6.07) is 5.64. The number of allylic oxidation sites excluding steroid dienone is 1. The molecule has 0 unspecified atom stereocenters. The number of carbonyl (C=O) groups is 2. The lowest BCUT2D eigenvalue weighted by Crippen LogP contribution is -2.17. The highest BCUT2D eigenvalue weighted by atomic mass is 16.1. The summed E-state index contributed by atoms with van der Waals surface area (Å²) in [6.45, 7) is 11.1. The Morgan fingerprint density at radius 2 is 1.78 bits per heavy atom. The minimum atomic E-state index is -0.362. The van der Waals surface area contributed by atoms with Gasteiger partial charge in [0.05, 0.1) is 0 Å². The Labute approximate surface area is 109 Å². The van der Waals surface area contributed by atoms with Crippen molar-refractivity contribution in [3.05, 3.63) is 47.0 Å². The summed E-state index contributed by atoms with van der Waals surface area (Å²) in [7, 11) is 0. The van der Waals surface area contributed by atoms with E-state index in [1.54, 1.807) is 6.92 Å². The van der Waals surface area contributed by atoms with E-state index >= 15 is 0 Å². The quantitative estimate of drug-likeness (QED) is 0.585. The van der Waals surface area contributed by atoms with Crippen LogP contribution in [0.5, 0.6) is 0 Å². The van der Waals surface area contributed by atoms with Crippen molar-refractivity contribution >= 4 is 11.6 Å². The van der Waals surface area contributed by atoms with Gasteiger partial charge in [0.15, 0.2) is 5.78 Å². The molecule has 2 heteroatoms. The van der Waals surface area contributed by atoms with Crippen LogP contribution in [0.2, 0.25) is 0 Å². The standard InChI is InChI=1S/C16H20O2/c1-10(2)15(13(5)17)9-16(18)14-7-6-11(3)12(4)8-14/h6-8,15H,1,9H2,2-5H3/t15-/m0/s1. The van der Waals surface area contributed by atoms with Gasteiger partial charge < -0.3 is 0 Å². The van der Waals surface area contributed by atoms with Gasteiger partial charge in [-0.2, -0.15) is 0 Å². The zero-order chi connectivity index (χ0) is 13.9. The first-order valence-electron chi connectivity index (χ1n) is 6.09. The first kappa shape index (κ1) is 14.4. The largest absolute Gasteiger partial charge is 0.299 e. The third-order valence-corrected chi connectivity index (χ3v) is 3.30. The van der Waals surface area contributed by atoms with E-state index < -0.39 is 0 Å². The van der Waals surface area contributed by atoms with Gasteiger partial charge in [-0.25, -0.2) is 0 Å². The molecule has 0 N–H and O–H groups in total. The third kappa shape index (κ3) is 3.39. The molecule has 18 heavy (non-hydrogen) atoms. The average Bonchev–Trinajstić information content (AvgIpc) is 2.28. The number of aryl methyl sites for hydroxylation is 2. The van der Waals surface area contributed by atoms with Crippen LogP contribution < -0.4 is 0 Å². The van der Waals surface area contributed by atoms with E-state index in [-0.39, 0.29) is 23.9 Å². The van der Waals surface area contributed by atoms with Gasteiger partial charge >= 0.3 is 0 Å². The third-order valence-electron chi connectivity index (χ3n) is 3.30. The molecule has 0 heterocycles. The lowest BCUT2D eigenvalue weighted by Gasteiger charge is -2.13. The van der Waals surface area contributed by atoms with Gasteiger partial charge in [-0.1, -0.05) is 24.3 Å². The van der Waals surface area contributed by atoms with E-state index in [9.17, 15) is 9.59 Å². The highest BCUT2D eigenvalue weighted by Gasteiger charge is 2.20. The Bertz CT molecular complexity index is 484. The van der Waals surface area contributed by atoms with Crippen LogP contribution in [-0.2, 0) is 4.79 Å². The van der Waals surface area contributed by atoms with Crippen molar-refractivity contribution in [1.82, 2.24) is 0 Å². The Kier molecular flexibility index (Phi) is 4.60. The van der Waals surface area contributed by atoms with E-state index in [0.29, 0.717) is 5.56 Å². The number of hydrogen-bond acceptors (Lipinski definition) is 2. The normalized spacial score (nSPS) is 12.0. The van der Waals surface area contributed by atoms with E-state index in [1.165, 1.54) is 6.92 Å². The summed E-state index contributed by atoms with van der Waals surface area (Å²) < 4.78 is 0. The van der Waals surface area contributed by atoms with Crippen LogP contribution in [0.1, 0.15) is 41.8 Å². The fourth-order valence-electron chi connectivity index (χ4n) is 1.88. The SMILES string of the molecule is C=C(C)[C@H](CC(=O)c1ccc(C)c(C)c1)C(C)=O. The summed E-state index contributed by atoms with van der Waals surface area (Å²) in [5.41, 5.74) is 3.68. The van der Waals surface area contributed by atoms with Crippen LogP contribution in [0.4, 0.5) is 0 Å². The summed E-state index contributed by atoms with van der Waals surface area (Å²) in [4.78, 5) is 23.6. The molecule has 96 valence electrons. The van der Waals surface area contributed by atoms with Crippen molar-refractivity contribution in [1.29, 1.82) is 0 Å². The van der Waals surface area contributed by atoms with Crippen LogP contribution in [0.15, 0.2) is 30.4 Å². The topological polar surface area (TPSA) is 34.1 Å². The molecule has 2 nitrogen and oxygen atoms in total. The van der Waals surface area contributed by atoms with Crippen molar-refractivity contribution < 1.29 is 9.59 Å². The number of carbonyl (C=O) groups excluding carboxylic acids is 2. The lowest BCUT2D eigenvalue weighted by molar-refractivity contribution is -0.119. The summed E-state index contributed by atoms with van der Waals surface area (Å²) in [5, 5.41) is 0. The number of benzene rings is 1. The van der Waals surface area contributed by atoms with Crippen molar-refractivity contribution in [3.8, 4) is 0 Å². The molecule has 0 fully saturated rings. The zero-order valence-corrected chi connectivity index (χ0v) is 11.5. The fraction of sp³-hybridized carbons (Fsp3) is 0.375. The first-order valence-corrected chi connectivity index (χ1v) is 6.09. The lowest BCUT2D eigenvalue weighted by atomic mass is 9.89. The predicted molar refractivity (Wildman–Crippen MR) is 73.8 cm³/mol. The molecular weight excluding hydrogens is 224 g/mol. The maximum atomic E-state index is 12.1. The van der Waals surface area contributed by atoms with Crippen LogP contribution >= 0.6 is 0 Å². The van der Waals surface area contributed by atoms with Crippen LogP contribution in [0.3, 0.4) is 0 Å². The number of Topliss-reactive ketones (excluding diaryl/α,β-unsaturated/α-hetero) is 2. The van der Waals surface area contributed by atoms with E-state index in [0.717, 1.165) is 16.7 Å². The van der Waals surface area contributed by atoms with Gasteiger partial charge in [0.2, 0.25) is 0 Å². The van der Waals surface area contributed by atoms with E-state index in [4.69, 9.17) is 0 Å². The number of hydrogen-bond donors (Lipinski definition) is 0. The minimum Gasteiger partial charge on any atom is -0.299 e. The molecule has 0 bridgehead atoms. The molecule has 1 rings (SSSR count). The highest BCUT2D eigenvalue weighted by Crippen LogP contribution is 2.19. The molecule has 0 saturated heterocycles. The van der Waals surface area contributed by atoms with Crippen LogP contribution in [0, 0.1) is 19.8 Å². The zero-order valence-electron chi connectivity index (χ0n) is 11.5. The summed E-state index contributed by atoms with van der Waals surface area (Å²) >= 11 is 0. The van der Waals surface area contributed by atoms with E-state index in [1.807, 2.05) is 32.0 Å². The highest BCUT2D eigenvalue weighted by molar-refractivity contribution is 5.99. The van der Waals surface area contributed by atoms with Gasteiger partial charge in [-0.15, -0.1) is 0 Å². The average molecular weight is 244 g/mol. The van der Waals surface area contributed by atoms with Gasteiger partial charge in [-0.05, 0) is 44.9 Å². The van der Waals surface area contributed by atoms with Crippen LogP contribution in [-0.4, -0.2) is 11.6 Å². The predicted octanol–water partition coefficient (Wildman–Crippen LogP) is 3.66. The van der Waals surface area contributed by atoms with Gasteiger partial charge in [-0.3, -0.25) is 9.59 Å². The van der Waals surface area contributed by atoms with Crippen molar-refractivity contribution in [2.45, 2.75) is 34.1 Å². The molecule has 1 aromatic carbocycles. The second-order valence-corrected chi connectivity index (χ2v) is 4.94.